The predicted molar refractivity (Wildman–Crippen MR) is 92.9 cm³/mol. The van der Waals surface area contributed by atoms with Gasteiger partial charge in [0, 0.05) is 18.1 Å². The molecule has 0 aliphatic rings. The molecule has 0 aromatic heterocycles. The van der Waals surface area contributed by atoms with Crippen molar-refractivity contribution in [3.63, 3.8) is 0 Å². The lowest BCUT2D eigenvalue weighted by molar-refractivity contribution is 0.0607. The summed E-state index contributed by atoms with van der Waals surface area (Å²) in [6, 6.07) is 13.8. The second-order valence-corrected chi connectivity index (χ2v) is 4.97. The van der Waals surface area contributed by atoms with Gasteiger partial charge in [0.2, 0.25) is 0 Å². The van der Waals surface area contributed by atoms with E-state index in [0.717, 1.165) is 5.56 Å². The summed E-state index contributed by atoms with van der Waals surface area (Å²) in [7, 11) is 0. The normalized spacial score (nSPS) is 12.0. The van der Waals surface area contributed by atoms with E-state index in [0.29, 0.717) is 17.9 Å². The Morgan fingerprint density at radius 3 is 2.54 bits per heavy atom. The van der Waals surface area contributed by atoms with Crippen LogP contribution in [0.3, 0.4) is 0 Å². The molecule has 0 aliphatic heterocycles. The summed E-state index contributed by atoms with van der Waals surface area (Å²) in [5.41, 5.74) is 0.813. The Labute approximate surface area is 142 Å². The summed E-state index contributed by atoms with van der Waals surface area (Å²) < 4.78 is 11.1. The van der Waals surface area contributed by atoms with E-state index < -0.39 is 6.10 Å². The number of benzene rings is 2. The Hall–Kier alpha value is -3.06. The van der Waals surface area contributed by atoms with Gasteiger partial charge in [-0.3, -0.25) is 0 Å². The van der Waals surface area contributed by atoms with Crippen LogP contribution in [0.1, 0.15) is 31.9 Å². The number of phenols is 1. The molecule has 1 unspecified atom stereocenters. The van der Waals surface area contributed by atoms with Crippen LogP contribution in [-0.2, 0) is 4.74 Å². The standard InChI is InChI=1S/C20H20O4/c1-3-5-9-19(24-20(22)4-2)15-10-12-17(13-11-15)23-18-8-6-7-16(21)14-18/h4,6-8,10-14,19,21-22H,3H2,1-2H3/b20-4-. The quantitative estimate of drug-likeness (QED) is 0.595. The molecule has 0 saturated heterocycles. The molecule has 1 atom stereocenters. The smallest absolute Gasteiger partial charge is 0.273 e. The van der Waals surface area contributed by atoms with Gasteiger partial charge in [0.1, 0.15) is 17.2 Å². The highest BCUT2D eigenvalue weighted by atomic mass is 16.6. The van der Waals surface area contributed by atoms with Crippen LogP contribution in [0, 0.1) is 11.8 Å². The Balaban J connectivity index is 2.16. The second-order valence-electron chi connectivity index (χ2n) is 4.97. The van der Waals surface area contributed by atoms with Crippen LogP contribution >= 0.6 is 0 Å². The largest absolute Gasteiger partial charge is 0.508 e. The van der Waals surface area contributed by atoms with Gasteiger partial charge in [-0.25, -0.2) is 0 Å². The molecule has 124 valence electrons. The topological polar surface area (TPSA) is 58.9 Å². The van der Waals surface area contributed by atoms with Crippen molar-refractivity contribution in [2.75, 3.05) is 0 Å². The summed E-state index contributed by atoms with van der Waals surface area (Å²) in [5.74, 6) is 7.11. The molecule has 0 radical (unpaired) electrons. The SMILES string of the molecule is C/C=C(/O)OC(C#CCC)c1ccc(Oc2cccc(O)c2)cc1. The van der Waals surface area contributed by atoms with Crippen LogP contribution in [0.2, 0.25) is 0 Å². The number of allylic oxidation sites excluding steroid dienone is 1. The molecule has 0 spiro atoms. The van der Waals surface area contributed by atoms with Gasteiger partial charge in [-0.05, 0) is 37.3 Å². The minimum Gasteiger partial charge on any atom is -0.508 e. The first-order valence-electron chi connectivity index (χ1n) is 7.69. The minimum absolute atomic E-state index is 0.147. The van der Waals surface area contributed by atoms with Gasteiger partial charge in [0.25, 0.3) is 5.95 Å². The molecular weight excluding hydrogens is 304 g/mol. The molecule has 4 nitrogen and oxygen atoms in total. The summed E-state index contributed by atoms with van der Waals surface area (Å²) in [6.45, 7) is 3.64. The van der Waals surface area contributed by atoms with Crippen molar-refractivity contribution in [1.82, 2.24) is 0 Å². The molecule has 0 fully saturated rings. The predicted octanol–water partition coefficient (Wildman–Crippen LogP) is 5.07. The van der Waals surface area contributed by atoms with Gasteiger partial charge in [-0.1, -0.05) is 37.0 Å². The Bertz CT molecular complexity index is 751. The number of aliphatic hydroxyl groups is 1. The van der Waals surface area contributed by atoms with E-state index in [1.54, 1.807) is 37.3 Å². The van der Waals surface area contributed by atoms with E-state index in [1.165, 1.54) is 12.1 Å². The molecule has 0 heterocycles. The van der Waals surface area contributed by atoms with Gasteiger partial charge < -0.3 is 19.7 Å². The number of aromatic hydroxyl groups is 1. The Morgan fingerprint density at radius 2 is 1.92 bits per heavy atom. The Morgan fingerprint density at radius 1 is 1.17 bits per heavy atom. The van der Waals surface area contributed by atoms with Crippen molar-refractivity contribution in [3.8, 4) is 29.1 Å². The molecule has 2 rings (SSSR count). The molecule has 24 heavy (non-hydrogen) atoms. The van der Waals surface area contributed by atoms with E-state index >= 15 is 0 Å². The lowest BCUT2D eigenvalue weighted by Crippen LogP contribution is -2.02. The van der Waals surface area contributed by atoms with E-state index in [9.17, 15) is 10.2 Å². The first-order chi connectivity index (χ1) is 11.6. The van der Waals surface area contributed by atoms with Gasteiger partial charge >= 0.3 is 0 Å². The van der Waals surface area contributed by atoms with Crippen LogP contribution in [0.15, 0.2) is 60.6 Å². The second kappa shape index (κ2) is 8.54. The highest BCUT2D eigenvalue weighted by Gasteiger charge is 2.11. The molecule has 0 amide bonds. The van der Waals surface area contributed by atoms with Crippen molar-refractivity contribution < 1.29 is 19.7 Å². The molecule has 0 bridgehead atoms. The number of phenolic OH excluding ortho intramolecular Hbond substituents is 1. The van der Waals surface area contributed by atoms with E-state index in [4.69, 9.17) is 9.47 Å². The number of ether oxygens (including phenoxy) is 2. The fourth-order valence-electron chi connectivity index (χ4n) is 1.96. The number of aliphatic hydroxyl groups excluding tert-OH is 1. The number of hydrogen-bond acceptors (Lipinski definition) is 4. The molecule has 4 heteroatoms. The van der Waals surface area contributed by atoms with Crippen LogP contribution in [-0.4, -0.2) is 10.2 Å². The zero-order valence-corrected chi connectivity index (χ0v) is 13.7. The van der Waals surface area contributed by atoms with Gasteiger partial charge in [-0.2, -0.15) is 0 Å². The fourth-order valence-corrected chi connectivity index (χ4v) is 1.96. The van der Waals surface area contributed by atoms with E-state index in [2.05, 4.69) is 11.8 Å². The molecular formula is C20H20O4. The lowest BCUT2D eigenvalue weighted by atomic mass is 10.1. The van der Waals surface area contributed by atoms with Crippen molar-refractivity contribution in [2.24, 2.45) is 0 Å². The van der Waals surface area contributed by atoms with E-state index in [1.807, 2.05) is 19.1 Å². The third-order valence-corrected chi connectivity index (χ3v) is 3.13. The van der Waals surface area contributed by atoms with Gasteiger partial charge in [0.05, 0.1) is 0 Å². The van der Waals surface area contributed by atoms with Gasteiger partial charge in [0.15, 0.2) is 6.10 Å². The highest BCUT2D eigenvalue weighted by Crippen LogP contribution is 2.27. The maximum Gasteiger partial charge on any atom is 0.273 e. The van der Waals surface area contributed by atoms with Crippen LogP contribution < -0.4 is 4.74 Å². The average molecular weight is 324 g/mol. The van der Waals surface area contributed by atoms with Crippen molar-refractivity contribution >= 4 is 0 Å². The molecule has 2 aromatic rings. The molecule has 0 saturated carbocycles. The molecule has 2 aromatic carbocycles. The van der Waals surface area contributed by atoms with Crippen molar-refractivity contribution in [1.29, 1.82) is 0 Å². The van der Waals surface area contributed by atoms with E-state index in [-0.39, 0.29) is 11.7 Å². The summed E-state index contributed by atoms with van der Waals surface area (Å²) >= 11 is 0. The van der Waals surface area contributed by atoms with Gasteiger partial charge in [-0.15, -0.1) is 0 Å². The fraction of sp³-hybridized carbons (Fsp3) is 0.200. The zero-order valence-electron chi connectivity index (χ0n) is 13.7. The maximum atomic E-state index is 9.59. The van der Waals surface area contributed by atoms with Crippen molar-refractivity contribution in [3.05, 3.63) is 66.1 Å². The third kappa shape index (κ3) is 4.99. The highest BCUT2D eigenvalue weighted by molar-refractivity contribution is 5.38. The number of hydrogen-bond donors (Lipinski definition) is 2. The maximum absolute atomic E-state index is 9.59. The lowest BCUT2D eigenvalue weighted by Gasteiger charge is -2.14. The zero-order chi connectivity index (χ0) is 17.4. The average Bonchev–Trinajstić information content (AvgIpc) is 2.59. The minimum atomic E-state index is -0.545. The molecule has 2 N–H and O–H groups in total. The number of rotatable bonds is 5. The first-order valence-corrected chi connectivity index (χ1v) is 7.69. The third-order valence-electron chi connectivity index (χ3n) is 3.13. The monoisotopic (exact) mass is 324 g/mol. The summed E-state index contributed by atoms with van der Waals surface area (Å²) in [6.07, 6.45) is 1.63. The van der Waals surface area contributed by atoms with Crippen LogP contribution in [0.25, 0.3) is 0 Å². The Kier molecular flexibility index (Phi) is 6.16. The van der Waals surface area contributed by atoms with Crippen molar-refractivity contribution in [2.45, 2.75) is 26.4 Å². The van der Waals surface area contributed by atoms with Crippen LogP contribution in [0.5, 0.6) is 17.2 Å². The summed E-state index contributed by atoms with van der Waals surface area (Å²) in [4.78, 5) is 0. The molecule has 0 aliphatic carbocycles. The van der Waals surface area contributed by atoms with Crippen LogP contribution in [0.4, 0.5) is 0 Å². The first kappa shape index (κ1) is 17.3. The summed E-state index contributed by atoms with van der Waals surface area (Å²) in [5, 5.41) is 19.0.